The number of fused-ring (bicyclic) bond motifs is 1. The molecule has 0 spiro atoms. The molecule has 1 saturated heterocycles. The van der Waals surface area contributed by atoms with E-state index >= 15 is 0 Å². The monoisotopic (exact) mass is 168 g/mol. The van der Waals surface area contributed by atoms with Gasteiger partial charge in [0.2, 0.25) is 5.91 Å². The fourth-order valence-electron chi connectivity index (χ4n) is 2.20. The SMILES string of the molecule is NCCCN1CC2CCC2C1=O. The molecule has 1 aliphatic heterocycles. The minimum atomic E-state index is 0.389. The van der Waals surface area contributed by atoms with Gasteiger partial charge in [0.15, 0.2) is 0 Å². The maximum absolute atomic E-state index is 11.6. The van der Waals surface area contributed by atoms with Gasteiger partial charge in [0.1, 0.15) is 0 Å². The standard InChI is InChI=1S/C9H16N2O/c10-4-1-5-11-6-7-2-3-8(7)9(11)12/h7-8H,1-6,10H2. The van der Waals surface area contributed by atoms with Crippen molar-refractivity contribution < 1.29 is 4.79 Å². The lowest BCUT2D eigenvalue weighted by Gasteiger charge is -2.25. The third-order valence-electron chi connectivity index (χ3n) is 3.13. The first-order valence-corrected chi connectivity index (χ1v) is 4.82. The Hall–Kier alpha value is -0.570. The van der Waals surface area contributed by atoms with E-state index in [9.17, 15) is 4.79 Å². The van der Waals surface area contributed by atoms with Crippen LogP contribution in [-0.2, 0) is 4.79 Å². The van der Waals surface area contributed by atoms with E-state index < -0.39 is 0 Å². The van der Waals surface area contributed by atoms with Crippen molar-refractivity contribution in [1.82, 2.24) is 4.90 Å². The summed E-state index contributed by atoms with van der Waals surface area (Å²) < 4.78 is 0. The molecule has 0 aromatic rings. The Morgan fingerprint density at radius 1 is 1.50 bits per heavy atom. The zero-order chi connectivity index (χ0) is 8.55. The molecule has 0 bridgehead atoms. The normalized spacial score (nSPS) is 33.4. The minimum absolute atomic E-state index is 0.389. The van der Waals surface area contributed by atoms with Gasteiger partial charge in [0, 0.05) is 19.0 Å². The molecule has 3 nitrogen and oxygen atoms in total. The number of likely N-dealkylation sites (tertiary alicyclic amines) is 1. The van der Waals surface area contributed by atoms with Crippen molar-refractivity contribution in [2.45, 2.75) is 19.3 Å². The highest BCUT2D eigenvalue weighted by Gasteiger charge is 2.45. The Morgan fingerprint density at radius 2 is 2.33 bits per heavy atom. The number of hydrogen-bond acceptors (Lipinski definition) is 2. The van der Waals surface area contributed by atoms with E-state index in [1.165, 1.54) is 6.42 Å². The Bertz CT molecular complexity index is 193. The molecule has 68 valence electrons. The Labute approximate surface area is 72.9 Å². The fourth-order valence-corrected chi connectivity index (χ4v) is 2.20. The van der Waals surface area contributed by atoms with Crippen LogP contribution in [0.4, 0.5) is 0 Å². The summed E-state index contributed by atoms with van der Waals surface area (Å²) in [5.41, 5.74) is 5.40. The van der Waals surface area contributed by atoms with Crippen LogP contribution in [0.1, 0.15) is 19.3 Å². The molecule has 2 N–H and O–H groups in total. The van der Waals surface area contributed by atoms with Crippen molar-refractivity contribution in [1.29, 1.82) is 0 Å². The molecule has 2 fully saturated rings. The van der Waals surface area contributed by atoms with Crippen LogP contribution in [0.5, 0.6) is 0 Å². The van der Waals surface area contributed by atoms with Gasteiger partial charge in [-0.1, -0.05) is 0 Å². The molecule has 2 unspecified atom stereocenters. The van der Waals surface area contributed by atoms with Crippen molar-refractivity contribution in [3.05, 3.63) is 0 Å². The number of carbonyl (C=O) groups excluding carboxylic acids is 1. The molecule has 12 heavy (non-hydrogen) atoms. The van der Waals surface area contributed by atoms with Gasteiger partial charge in [-0.2, -0.15) is 0 Å². The molecule has 1 amide bonds. The van der Waals surface area contributed by atoms with E-state index in [0.717, 1.165) is 25.9 Å². The highest BCUT2D eigenvalue weighted by atomic mass is 16.2. The first-order chi connectivity index (χ1) is 5.83. The molecular weight excluding hydrogens is 152 g/mol. The lowest BCUT2D eigenvalue weighted by molar-refractivity contribution is -0.132. The minimum Gasteiger partial charge on any atom is -0.342 e. The van der Waals surface area contributed by atoms with Crippen LogP contribution in [0.3, 0.4) is 0 Å². The first-order valence-electron chi connectivity index (χ1n) is 4.82. The highest BCUT2D eigenvalue weighted by molar-refractivity contribution is 5.82. The maximum atomic E-state index is 11.6. The van der Waals surface area contributed by atoms with Gasteiger partial charge in [-0.15, -0.1) is 0 Å². The fraction of sp³-hybridized carbons (Fsp3) is 0.889. The Kier molecular flexibility index (Phi) is 2.05. The van der Waals surface area contributed by atoms with Crippen LogP contribution in [0.15, 0.2) is 0 Å². The van der Waals surface area contributed by atoms with E-state index in [-0.39, 0.29) is 0 Å². The summed E-state index contributed by atoms with van der Waals surface area (Å²) in [6.07, 6.45) is 3.34. The van der Waals surface area contributed by atoms with E-state index in [4.69, 9.17) is 5.73 Å². The van der Waals surface area contributed by atoms with Crippen LogP contribution in [0.25, 0.3) is 0 Å². The van der Waals surface area contributed by atoms with Crippen molar-refractivity contribution in [2.75, 3.05) is 19.6 Å². The third kappa shape index (κ3) is 1.12. The largest absolute Gasteiger partial charge is 0.342 e. The summed E-state index contributed by atoms with van der Waals surface area (Å²) in [7, 11) is 0. The van der Waals surface area contributed by atoms with Crippen LogP contribution in [0.2, 0.25) is 0 Å². The summed E-state index contributed by atoms with van der Waals surface area (Å²) in [6, 6.07) is 0. The molecule has 0 aromatic carbocycles. The molecule has 0 aromatic heterocycles. The maximum Gasteiger partial charge on any atom is 0.226 e. The van der Waals surface area contributed by atoms with Gasteiger partial charge in [-0.05, 0) is 31.7 Å². The van der Waals surface area contributed by atoms with Gasteiger partial charge >= 0.3 is 0 Å². The first kappa shape index (κ1) is 8.05. The second-order valence-electron chi connectivity index (χ2n) is 3.87. The summed E-state index contributed by atoms with van der Waals surface area (Å²) >= 11 is 0. The molecule has 3 heteroatoms. The van der Waals surface area contributed by atoms with E-state index in [0.29, 0.717) is 24.3 Å². The Morgan fingerprint density at radius 3 is 2.75 bits per heavy atom. The van der Waals surface area contributed by atoms with E-state index in [1.807, 2.05) is 4.90 Å². The number of carbonyl (C=O) groups is 1. The zero-order valence-electron chi connectivity index (χ0n) is 7.33. The van der Waals surface area contributed by atoms with Crippen molar-refractivity contribution in [3.8, 4) is 0 Å². The lowest BCUT2D eigenvalue weighted by atomic mass is 9.76. The molecule has 2 rings (SSSR count). The molecular formula is C9H16N2O. The van der Waals surface area contributed by atoms with Gasteiger partial charge in [-0.25, -0.2) is 0 Å². The van der Waals surface area contributed by atoms with Crippen molar-refractivity contribution in [3.63, 3.8) is 0 Å². The van der Waals surface area contributed by atoms with Gasteiger partial charge in [0.05, 0.1) is 0 Å². The highest BCUT2D eigenvalue weighted by Crippen LogP contribution is 2.41. The molecule has 1 heterocycles. The average Bonchev–Trinajstić information content (AvgIpc) is 2.21. The van der Waals surface area contributed by atoms with Crippen LogP contribution in [-0.4, -0.2) is 30.4 Å². The van der Waals surface area contributed by atoms with E-state index in [2.05, 4.69) is 0 Å². The molecule has 2 aliphatic rings. The average molecular weight is 168 g/mol. The van der Waals surface area contributed by atoms with E-state index in [1.54, 1.807) is 0 Å². The predicted octanol–water partition coefficient (Wildman–Crippen LogP) is 0.204. The molecule has 1 aliphatic carbocycles. The van der Waals surface area contributed by atoms with Crippen LogP contribution >= 0.6 is 0 Å². The third-order valence-corrected chi connectivity index (χ3v) is 3.13. The number of hydrogen-bond donors (Lipinski definition) is 1. The Balaban J connectivity index is 1.87. The van der Waals surface area contributed by atoms with Crippen LogP contribution < -0.4 is 5.73 Å². The summed E-state index contributed by atoms with van der Waals surface area (Å²) in [5, 5.41) is 0. The second-order valence-corrected chi connectivity index (χ2v) is 3.87. The van der Waals surface area contributed by atoms with Gasteiger partial charge < -0.3 is 10.6 Å². The van der Waals surface area contributed by atoms with Crippen molar-refractivity contribution >= 4 is 5.91 Å². The zero-order valence-corrected chi connectivity index (χ0v) is 7.33. The second kappa shape index (κ2) is 3.05. The number of rotatable bonds is 3. The smallest absolute Gasteiger partial charge is 0.226 e. The predicted molar refractivity (Wildman–Crippen MR) is 46.5 cm³/mol. The lowest BCUT2D eigenvalue weighted by Crippen LogP contribution is -2.30. The number of amides is 1. The summed E-state index contributed by atoms with van der Waals surface area (Å²) in [5.74, 6) is 1.47. The van der Waals surface area contributed by atoms with Gasteiger partial charge in [-0.3, -0.25) is 4.79 Å². The molecule has 2 atom stereocenters. The molecule has 0 radical (unpaired) electrons. The number of nitrogens with two attached hydrogens (primary N) is 1. The van der Waals surface area contributed by atoms with Crippen LogP contribution in [0, 0.1) is 11.8 Å². The molecule has 1 saturated carbocycles. The summed E-state index contributed by atoms with van der Waals surface area (Å²) in [4.78, 5) is 13.6. The van der Waals surface area contributed by atoms with Crippen molar-refractivity contribution in [2.24, 2.45) is 17.6 Å². The van der Waals surface area contributed by atoms with Gasteiger partial charge in [0.25, 0.3) is 0 Å². The summed E-state index contributed by atoms with van der Waals surface area (Å²) in [6.45, 7) is 2.57. The topological polar surface area (TPSA) is 46.3 Å². The number of nitrogens with zero attached hydrogens (tertiary/aromatic N) is 1. The quantitative estimate of drug-likeness (QED) is 0.654.